The Balaban J connectivity index is 2.08. The molecule has 1 aromatic rings. The highest BCUT2D eigenvalue weighted by atomic mass is 16.6. The molecule has 0 radical (unpaired) electrons. The van der Waals surface area contributed by atoms with Crippen LogP contribution in [0.4, 0.5) is 11.4 Å². The maximum absolute atomic E-state index is 11.9. The first kappa shape index (κ1) is 12.3. The largest absolute Gasteiger partial charge is 0.398 e. The van der Waals surface area contributed by atoms with Crippen molar-refractivity contribution in [2.75, 3.05) is 12.3 Å². The molecule has 1 saturated carbocycles. The van der Waals surface area contributed by atoms with Crippen LogP contribution >= 0.6 is 0 Å². The quantitative estimate of drug-likeness (QED) is 0.480. The third kappa shape index (κ3) is 2.58. The lowest BCUT2D eigenvalue weighted by Gasteiger charge is -2.06. The topological polar surface area (TPSA) is 98.3 Å². The van der Waals surface area contributed by atoms with Gasteiger partial charge in [0.15, 0.2) is 0 Å². The summed E-state index contributed by atoms with van der Waals surface area (Å²) in [5.41, 5.74) is 5.94. The van der Waals surface area contributed by atoms with Gasteiger partial charge in [-0.2, -0.15) is 0 Å². The van der Waals surface area contributed by atoms with E-state index in [0.717, 1.165) is 6.42 Å². The van der Waals surface area contributed by atoms with E-state index in [2.05, 4.69) is 12.2 Å². The number of nitro groups is 1. The summed E-state index contributed by atoms with van der Waals surface area (Å²) < 4.78 is 0. The van der Waals surface area contributed by atoms with Crippen molar-refractivity contribution < 1.29 is 9.72 Å². The Morgan fingerprint density at radius 1 is 1.61 bits per heavy atom. The number of nitrogens with zero attached hydrogens (tertiary/aromatic N) is 1. The number of carbonyl (C=O) groups excluding carboxylic acids is 1. The Labute approximate surface area is 104 Å². The van der Waals surface area contributed by atoms with Crippen LogP contribution in [0.15, 0.2) is 18.2 Å². The summed E-state index contributed by atoms with van der Waals surface area (Å²) in [5.74, 6) is 0.817. The van der Waals surface area contributed by atoms with Crippen molar-refractivity contribution in [3.05, 3.63) is 33.9 Å². The second kappa shape index (κ2) is 4.64. The summed E-state index contributed by atoms with van der Waals surface area (Å²) in [7, 11) is 0. The van der Waals surface area contributed by atoms with Gasteiger partial charge in [-0.15, -0.1) is 0 Å². The second-order valence-electron chi connectivity index (χ2n) is 4.71. The summed E-state index contributed by atoms with van der Waals surface area (Å²) in [6.45, 7) is 2.72. The molecule has 0 aromatic heterocycles. The zero-order valence-corrected chi connectivity index (χ0v) is 10.1. The highest BCUT2D eigenvalue weighted by Gasteiger charge is 2.32. The minimum Gasteiger partial charge on any atom is -0.398 e. The van der Waals surface area contributed by atoms with Crippen molar-refractivity contribution in [2.45, 2.75) is 13.3 Å². The maximum atomic E-state index is 11.9. The van der Waals surface area contributed by atoms with E-state index in [0.29, 0.717) is 18.4 Å². The summed E-state index contributed by atoms with van der Waals surface area (Å²) in [6, 6.07) is 3.88. The molecular formula is C12H15N3O3. The molecule has 1 aromatic carbocycles. The van der Waals surface area contributed by atoms with Gasteiger partial charge in [0.25, 0.3) is 11.6 Å². The van der Waals surface area contributed by atoms with E-state index in [1.165, 1.54) is 18.2 Å². The van der Waals surface area contributed by atoms with Crippen molar-refractivity contribution in [3.63, 3.8) is 0 Å². The van der Waals surface area contributed by atoms with Crippen molar-refractivity contribution in [3.8, 4) is 0 Å². The number of non-ortho nitro benzene ring substituents is 1. The van der Waals surface area contributed by atoms with Gasteiger partial charge in [-0.1, -0.05) is 6.92 Å². The predicted octanol–water partition coefficient (Wildman–Crippen LogP) is 1.56. The number of anilines is 1. The first-order valence-electron chi connectivity index (χ1n) is 5.81. The fraction of sp³-hybridized carbons (Fsp3) is 0.417. The smallest absolute Gasteiger partial charge is 0.270 e. The molecule has 0 saturated heterocycles. The summed E-state index contributed by atoms with van der Waals surface area (Å²) in [6.07, 6.45) is 1.12. The van der Waals surface area contributed by atoms with Crippen LogP contribution in [0.1, 0.15) is 23.7 Å². The lowest BCUT2D eigenvalue weighted by Crippen LogP contribution is -2.26. The molecule has 2 rings (SSSR count). The third-order valence-electron chi connectivity index (χ3n) is 3.29. The first-order chi connectivity index (χ1) is 8.49. The van der Waals surface area contributed by atoms with Gasteiger partial charge >= 0.3 is 0 Å². The average Bonchev–Trinajstić information content (AvgIpc) is 3.02. The molecule has 0 bridgehead atoms. The first-order valence-corrected chi connectivity index (χ1v) is 5.81. The molecule has 6 heteroatoms. The number of hydrogen-bond donors (Lipinski definition) is 2. The molecule has 2 atom stereocenters. The van der Waals surface area contributed by atoms with Crippen molar-refractivity contribution in [1.82, 2.24) is 5.32 Å². The van der Waals surface area contributed by atoms with Gasteiger partial charge < -0.3 is 11.1 Å². The van der Waals surface area contributed by atoms with Crippen molar-refractivity contribution >= 4 is 17.3 Å². The third-order valence-corrected chi connectivity index (χ3v) is 3.29. The van der Waals surface area contributed by atoms with Crippen LogP contribution in [0.25, 0.3) is 0 Å². The predicted molar refractivity (Wildman–Crippen MR) is 67.1 cm³/mol. The molecule has 18 heavy (non-hydrogen) atoms. The summed E-state index contributed by atoms with van der Waals surface area (Å²) in [5, 5.41) is 13.4. The molecule has 0 spiro atoms. The van der Waals surface area contributed by atoms with Gasteiger partial charge in [-0.05, 0) is 24.3 Å². The number of nitrogen functional groups attached to an aromatic ring is 1. The Morgan fingerprint density at radius 3 is 2.83 bits per heavy atom. The molecular weight excluding hydrogens is 234 g/mol. The average molecular weight is 249 g/mol. The number of benzene rings is 1. The Kier molecular flexibility index (Phi) is 3.18. The molecule has 1 aliphatic carbocycles. The number of nitro benzene ring substituents is 1. The van der Waals surface area contributed by atoms with Gasteiger partial charge in [0.2, 0.25) is 0 Å². The van der Waals surface area contributed by atoms with Crippen LogP contribution in [0, 0.1) is 22.0 Å². The van der Waals surface area contributed by atoms with Gasteiger partial charge in [0.05, 0.1) is 10.5 Å². The number of amides is 1. The van der Waals surface area contributed by atoms with E-state index in [9.17, 15) is 14.9 Å². The minimum atomic E-state index is -0.542. The van der Waals surface area contributed by atoms with Gasteiger partial charge in [0, 0.05) is 24.4 Å². The van der Waals surface area contributed by atoms with Gasteiger partial charge in [0.1, 0.15) is 0 Å². The Bertz CT molecular complexity index is 501. The van der Waals surface area contributed by atoms with Crippen LogP contribution in [0.3, 0.4) is 0 Å². The zero-order chi connectivity index (χ0) is 13.3. The van der Waals surface area contributed by atoms with Gasteiger partial charge in [-0.25, -0.2) is 0 Å². The lowest BCUT2D eigenvalue weighted by molar-refractivity contribution is -0.384. The van der Waals surface area contributed by atoms with Crippen LogP contribution in [0.2, 0.25) is 0 Å². The number of nitrogens with one attached hydrogen (secondary N) is 1. The maximum Gasteiger partial charge on any atom is 0.270 e. The molecule has 0 aliphatic heterocycles. The number of hydrogen-bond acceptors (Lipinski definition) is 4. The molecule has 96 valence electrons. The fourth-order valence-electron chi connectivity index (χ4n) is 1.86. The van der Waals surface area contributed by atoms with Gasteiger partial charge in [-0.3, -0.25) is 14.9 Å². The highest BCUT2D eigenvalue weighted by molar-refractivity contribution is 5.99. The van der Waals surface area contributed by atoms with E-state index >= 15 is 0 Å². The van der Waals surface area contributed by atoms with E-state index in [1.54, 1.807) is 0 Å². The Morgan fingerprint density at radius 2 is 2.28 bits per heavy atom. The standard InChI is InChI=1S/C12H15N3O3/c1-7-4-8(7)6-14-12(16)10-5-9(15(17)18)2-3-11(10)13/h2-3,5,7-8H,4,6,13H2,1H3,(H,14,16). The monoisotopic (exact) mass is 249 g/mol. The summed E-state index contributed by atoms with van der Waals surface area (Å²) >= 11 is 0. The molecule has 0 heterocycles. The number of carbonyl (C=O) groups is 1. The molecule has 1 amide bonds. The molecule has 3 N–H and O–H groups in total. The second-order valence-corrected chi connectivity index (χ2v) is 4.71. The van der Waals surface area contributed by atoms with Crippen molar-refractivity contribution in [1.29, 1.82) is 0 Å². The zero-order valence-electron chi connectivity index (χ0n) is 10.1. The summed E-state index contributed by atoms with van der Waals surface area (Å²) in [4.78, 5) is 22.0. The lowest BCUT2D eigenvalue weighted by atomic mass is 10.1. The molecule has 6 nitrogen and oxygen atoms in total. The van der Waals surface area contributed by atoms with E-state index in [-0.39, 0.29) is 22.8 Å². The van der Waals surface area contributed by atoms with Crippen LogP contribution in [-0.2, 0) is 0 Å². The fourth-order valence-corrected chi connectivity index (χ4v) is 1.86. The van der Waals surface area contributed by atoms with Crippen LogP contribution < -0.4 is 11.1 Å². The van der Waals surface area contributed by atoms with Crippen LogP contribution in [0.5, 0.6) is 0 Å². The number of nitrogens with two attached hydrogens (primary N) is 1. The van der Waals surface area contributed by atoms with Crippen molar-refractivity contribution in [2.24, 2.45) is 11.8 Å². The molecule has 2 unspecified atom stereocenters. The van der Waals surface area contributed by atoms with E-state index in [4.69, 9.17) is 5.73 Å². The minimum absolute atomic E-state index is 0.130. The molecule has 1 fully saturated rings. The molecule has 1 aliphatic rings. The number of rotatable bonds is 4. The highest BCUT2D eigenvalue weighted by Crippen LogP contribution is 2.36. The van der Waals surface area contributed by atoms with Crippen LogP contribution in [-0.4, -0.2) is 17.4 Å². The van der Waals surface area contributed by atoms with E-state index in [1.807, 2.05) is 0 Å². The SMILES string of the molecule is CC1CC1CNC(=O)c1cc([N+](=O)[O-])ccc1N. The normalized spacial score (nSPS) is 21.4. The van der Waals surface area contributed by atoms with E-state index < -0.39 is 4.92 Å². The Hall–Kier alpha value is -2.11.